The molecular formula is C31H32N2O5. The Morgan fingerprint density at radius 2 is 1.58 bits per heavy atom. The van der Waals surface area contributed by atoms with Gasteiger partial charge < -0.3 is 18.7 Å². The Bertz CT molecular complexity index is 1360. The van der Waals surface area contributed by atoms with Crippen LogP contribution in [-0.4, -0.2) is 23.3 Å². The lowest BCUT2D eigenvalue weighted by molar-refractivity contribution is -0.149. The topological polar surface area (TPSA) is 83.2 Å². The maximum absolute atomic E-state index is 12.6. The number of ether oxygens (including phenoxy) is 2. The largest absolute Gasteiger partial charge is 0.487 e. The minimum Gasteiger partial charge on any atom is -0.487 e. The highest BCUT2D eigenvalue weighted by atomic mass is 16.6. The van der Waals surface area contributed by atoms with E-state index in [1.807, 2.05) is 91.9 Å². The third-order valence-electron chi connectivity index (χ3n) is 6.02. The van der Waals surface area contributed by atoms with E-state index in [2.05, 4.69) is 10.1 Å². The predicted octanol–water partition coefficient (Wildman–Crippen LogP) is 6.74. The molecular weight excluding hydrogens is 480 g/mol. The number of carbonyl (C=O) groups is 1. The summed E-state index contributed by atoms with van der Waals surface area (Å²) in [7, 11) is 0. The number of hydrogen-bond acceptors (Lipinski definition) is 7. The molecule has 0 N–H and O–H groups in total. The first-order chi connectivity index (χ1) is 18.4. The highest BCUT2D eigenvalue weighted by Gasteiger charge is 2.37. The second-order valence-electron chi connectivity index (χ2n) is 9.25. The zero-order chi connectivity index (χ0) is 27.0. The molecule has 0 unspecified atom stereocenters. The summed E-state index contributed by atoms with van der Waals surface area (Å²) in [5, 5.41) is 4.37. The molecule has 196 valence electrons. The van der Waals surface area contributed by atoms with Crippen molar-refractivity contribution < 1.29 is 23.5 Å². The molecule has 38 heavy (non-hydrogen) atoms. The van der Waals surface area contributed by atoms with Crippen LogP contribution in [0.3, 0.4) is 0 Å². The van der Waals surface area contributed by atoms with Crippen LogP contribution in [0.15, 0.2) is 94.5 Å². The first-order valence-electron chi connectivity index (χ1n) is 12.5. The number of esters is 1. The Balaban J connectivity index is 1.39. The second-order valence-corrected chi connectivity index (χ2v) is 9.25. The number of benzene rings is 3. The van der Waals surface area contributed by atoms with Gasteiger partial charge in [0, 0.05) is 11.1 Å². The Hall–Kier alpha value is -4.39. The van der Waals surface area contributed by atoms with Gasteiger partial charge in [-0.25, -0.2) is 4.98 Å². The van der Waals surface area contributed by atoms with Crippen LogP contribution in [0.1, 0.15) is 43.4 Å². The third kappa shape index (κ3) is 6.48. The van der Waals surface area contributed by atoms with E-state index in [1.54, 1.807) is 20.8 Å². The van der Waals surface area contributed by atoms with Crippen molar-refractivity contribution in [2.75, 3.05) is 6.61 Å². The number of carbonyl (C=O) groups excluding carboxylic acids is 1. The molecule has 0 atom stereocenters. The molecule has 0 saturated carbocycles. The molecule has 0 bridgehead atoms. The summed E-state index contributed by atoms with van der Waals surface area (Å²) in [6.45, 7) is 8.06. The van der Waals surface area contributed by atoms with Crippen molar-refractivity contribution >= 4 is 11.7 Å². The lowest BCUT2D eigenvalue weighted by Gasteiger charge is -2.24. The number of aromatic nitrogens is 1. The average molecular weight is 513 g/mol. The molecule has 0 amide bonds. The molecule has 0 radical (unpaired) electrons. The molecule has 1 aromatic heterocycles. The molecule has 0 aliphatic carbocycles. The molecule has 0 aliphatic rings. The highest BCUT2D eigenvalue weighted by Crippen LogP contribution is 2.26. The molecule has 0 aliphatic heterocycles. The maximum atomic E-state index is 12.6. The van der Waals surface area contributed by atoms with E-state index in [-0.39, 0.29) is 12.6 Å². The van der Waals surface area contributed by atoms with E-state index >= 15 is 0 Å². The third-order valence-corrected chi connectivity index (χ3v) is 6.02. The van der Waals surface area contributed by atoms with Crippen molar-refractivity contribution in [1.82, 2.24) is 4.98 Å². The van der Waals surface area contributed by atoms with Crippen LogP contribution in [0.4, 0.5) is 0 Å². The summed E-state index contributed by atoms with van der Waals surface area (Å²) in [6.07, 6.45) is 0. The lowest BCUT2D eigenvalue weighted by Crippen LogP contribution is -2.36. The maximum Gasteiger partial charge on any atom is 0.317 e. The van der Waals surface area contributed by atoms with E-state index in [1.165, 1.54) is 0 Å². The van der Waals surface area contributed by atoms with Gasteiger partial charge in [0.25, 0.3) is 0 Å². The minimum absolute atomic E-state index is 0.234. The molecule has 1 heterocycles. The van der Waals surface area contributed by atoms with E-state index in [0.717, 1.165) is 28.1 Å². The summed E-state index contributed by atoms with van der Waals surface area (Å²) >= 11 is 0. The first-order valence-corrected chi connectivity index (χ1v) is 12.5. The number of aryl methyl sites for hydroxylation is 1. The monoisotopic (exact) mass is 512 g/mol. The van der Waals surface area contributed by atoms with E-state index in [0.29, 0.717) is 30.6 Å². The average Bonchev–Trinajstić information content (AvgIpc) is 3.32. The number of oxime groups is 1. The molecule has 0 spiro atoms. The summed E-state index contributed by atoms with van der Waals surface area (Å²) in [4.78, 5) is 22.9. The number of nitrogens with zero attached hydrogens (tertiary/aromatic N) is 2. The van der Waals surface area contributed by atoms with Crippen LogP contribution in [0, 0.1) is 12.3 Å². The van der Waals surface area contributed by atoms with Crippen molar-refractivity contribution in [3.63, 3.8) is 0 Å². The first kappa shape index (κ1) is 26.7. The Morgan fingerprint density at radius 1 is 0.921 bits per heavy atom. The Morgan fingerprint density at radius 3 is 2.24 bits per heavy atom. The van der Waals surface area contributed by atoms with Gasteiger partial charge in [-0.05, 0) is 57.5 Å². The van der Waals surface area contributed by atoms with Gasteiger partial charge in [-0.3, -0.25) is 4.79 Å². The highest BCUT2D eigenvalue weighted by molar-refractivity contribution is 6.14. The number of oxazole rings is 1. The van der Waals surface area contributed by atoms with Crippen molar-refractivity contribution in [2.24, 2.45) is 10.6 Å². The smallest absolute Gasteiger partial charge is 0.317 e. The van der Waals surface area contributed by atoms with Crippen molar-refractivity contribution in [2.45, 2.75) is 40.9 Å². The zero-order valence-electron chi connectivity index (χ0n) is 22.1. The summed E-state index contributed by atoms with van der Waals surface area (Å²) < 4.78 is 17.0. The van der Waals surface area contributed by atoms with E-state index < -0.39 is 5.41 Å². The fourth-order valence-electron chi connectivity index (χ4n) is 3.80. The Kier molecular flexibility index (Phi) is 8.58. The van der Waals surface area contributed by atoms with Crippen LogP contribution >= 0.6 is 0 Å². The molecule has 4 rings (SSSR count). The second kappa shape index (κ2) is 12.2. The van der Waals surface area contributed by atoms with Gasteiger partial charge in [0.2, 0.25) is 5.89 Å². The normalized spacial score (nSPS) is 11.7. The molecule has 0 saturated heterocycles. The minimum atomic E-state index is -0.977. The van der Waals surface area contributed by atoms with Gasteiger partial charge in [0.1, 0.15) is 41.5 Å². The van der Waals surface area contributed by atoms with Crippen molar-refractivity contribution in [3.05, 3.63) is 108 Å². The van der Waals surface area contributed by atoms with Crippen molar-refractivity contribution in [1.29, 1.82) is 0 Å². The standard InChI is InChI=1S/C31H32N2O5/c1-5-35-30(34)31(3,4)28(24-12-8-6-9-13-24)33-37-20-23-16-18-26(19-17-23)36-21-27-22(2)38-29(32-27)25-14-10-7-11-15-25/h6-19H,5,20-21H2,1-4H3/b33-28-. The molecule has 3 aromatic carbocycles. The SMILES string of the molecule is CCOC(=O)C(C)(C)/C(=N\OCc1ccc(OCc2nc(-c3ccccc3)oc2C)cc1)c1ccccc1. The molecule has 4 aromatic rings. The lowest BCUT2D eigenvalue weighted by atomic mass is 9.83. The molecule has 7 heteroatoms. The van der Waals surface area contributed by atoms with E-state index in [9.17, 15) is 4.79 Å². The zero-order valence-corrected chi connectivity index (χ0v) is 22.1. The van der Waals surface area contributed by atoms with Gasteiger partial charge in [0.05, 0.1) is 6.61 Å². The van der Waals surface area contributed by atoms with Crippen LogP contribution in [0.2, 0.25) is 0 Å². The van der Waals surface area contributed by atoms with Gasteiger partial charge in [-0.2, -0.15) is 0 Å². The van der Waals surface area contributed by atoms with Gasteiger partial charge in [-0.1, -0.05) is 65.8 Å². The van der Waals surface area contributed by atoms with Crippen LogP contribution in [0.25, 0.3) is 11.5 Å². The van der Waals surface area contributed by atoms with Crippen LogP contribution < -0.4 is 4.74 Å². The summed E-state index contributed by atoms with van der Waals surface area (Å²) in [5.74, 6) is 1.66. The van der Waals surface area contributed by atoms with Gasteiger partial charge >= 0.3 is 5.97 Å². The quantitative estimate of drug-likeness (QED) is 0.126. The summed E-state index contributed by atoms with van der Waals surface area (Å²) in [5.41, 5.74) is 2.92. The summed E-state index contributed by atoms with van der Waals surface area (Å²) in [6, 6.07) is 26.8. The fourth-order valence-corrected chi connectivity index (χ4v) is 3.80. The van der Waals surface area contributed by atoms with E-state index in [4.69, 9.17) is 18.7 Å². The number of rotatable bonds is 11. The van der Waals surface area contributed by atoms with Crippen LogP contribution in [0.5, 0.6) is 5.75 Å². The predicted molar refractivity (Wildman–Crippen MR) is 146 cm³/mol. The van der Waals surface area contributed by atoms with Crippen molar-refractivity contribution in [3.8, 4) is 17.2 Å². The molecule has 7 nitrogen and oxygen atoms in total. The van der Waals surface area contributed by atoms with Crippen LogP contribution in [-0.2, 0) is 27.6 Å². The van der Waals surface area contributed by atoms with Gasteiger partial charge in [-0.15, -0.1) is 0 Å². The molecule has 0 fully saturated rings. The fraction of sp³-hybridized carbons (Fsp3) is 0.258. The van der Waals surface area contributed by atoms with Gasteiger partial charge in [0.15, 0.2) is 0 Å². The Labute approximate surface area is 223 Å². The number of hydrogen-bond donors (Lipinski definition) is 0.